The number of nitrogens with zero attached hydrogens (tertiary/aromatic N) is 2. The summed E-state index contributed by atoms with van der Waals surface area (Å²) in [5.74, 6) is 0. The van der Waals surface area contributed by atoms with Gasteiger partial charge < -0.3 is 15.4 Å². The molecule has 0 amide bonds. The van der Waals surface area contributed by atoms with Gasteiger partial charge in [-0.05, 0) is 32.9 Å². The van der Waals surface area contributed by atoms with E-state index in [9.17, 15) is 0 Å². The van der Waals surface area contributed by atoms with Crippen LogP contribution in [-0.4, -0.2) is 43.2 Å². The van der Waals surface area contributed by atoms with Gasteiger partial charge in [0.1, 0.15) is 12.1 Å². The minimum absolute atomic E-state index is 0. The summed E-state index contributed by atoms with van der Waals surface area (Å²) in [6.45, 7) is 2.95. The van der Waals surface area contributed by atoms with Gasteiger partial charge in [0.25, 0.3) is 6.02 Å². The fourth-order valence-electron chi connectivity index (χ4n) is 2.08. The number of halogens is 1. The van der Waals surface area contributed by atoms with Gasteiger partial charge in [0.05, 0.1) is 0 Å². The molecule has 2 aliphatic heterocycles. The number of nitrogens with two attached hydrogens (primary N) is 1. The largest absolute Gasteiger partial charge is 0.463 e. The van der Waals surface area contributed by atoms with Gasteiger partial charge in [-0.3, -0.25) is 0 Å². The molecule has 4 nitrogen and oxygen atoms in total. The molecule has 0 aliphatic carbocycles. The Kier molecular flexibility index (Phi) is 3.61. The highest BCUT2D eigenvalue weighted by Gasteiger charge is 2.36. The molecule has 14 heavy (non-hydrogen) atoms. The van der Waals surface area contributed by atoms with Crippen LogP contribution < -0.4 is 5.73 Å². The maximum absolute atomic E-state index is 5.54. The number of amidine groups is 1. The van der Waals surface area contributed by atoms with Gasteiger partial charge in [-0.1, -0.05) is 0 Å². The van der Waals surface area contributed by atoms with Crippen LogP contribution in [0.15, 0.2) is 4.99 Å². The Bertz CT molecular complexity index is 234. The van der Waals surface area contributed by atoms with Crippen molar-refractivity contribution in [3.8, 4) is 0 Å². The normalized spacial score (nSPS) is 33.1. The van der Waals surface area contributed by atoms with Gasteiger partial charge in [0, 0.05) is 6.54 Å². The molecule has 0 aromatic rings. The zero-order chi connectivity index (χ0) is 9.31. The maximum Gasteiger partial charge on any atom is 0.282 e. The average Bonchev–Trinajstić information content (AvgIpc) is 2.35. The van der Waals surface area contributed by atoms with Crippen molar-refractivity contribution in [1.82, 2.24) is 4.90 Å². The molecule has 0 aromatic heterocycles. The van der Waals surface area contributed by atoms with E-state index in [4.69, 9.17) is 10.5 Å². The van der Waals surface area contributed by atoms with E-state index in [1.165, 1.54) is 6.42 Å². The molecule has 82 valence electrons. The zero-order valence-electron chi connectivity index (χ0n) is 8.53. The van der Waals surface area contributed by atoms with Gasteiger partial charge in [-0.15, -0.1) is 12.4 Å². The minimum Gasteiger partial charge on any atom is -0.463 e. The lowest BCUT2D eigenvalue weighted by Gasteiger charge is -2.21. The Morgan fingerprint density at radius 3 is 2.86 bits per heavy atom. The lowest BCUT2D eigenvalue weighted by Crippen LogP contribution is -2.29. The molecule has 1 unspecified atom stereocenters. The average molecular weight is 220 g/mol. The Morgan fingerprint density at radius 2 is 2.21 bits per heavy atom. The third-order valence-corrected chi connectivity index (χ3v) is 2.98. The van der Waals surface area contributed by atoms with Crippen molar-refractivity contribution in [3.05, 3.63) is 0 Å². The van der Waals surface area contributed by atoms with E-state index >= 15 is 0 Å². The lowest BCUT2D eigenvalue weighted by atomic mass is 9.93. The third kappa shape index (κ3) is 2.30. The number of rotatable bonds is 0. The molecule has 0 aromatic carbocycles. The molecular formula is C9H18ClN3O. The van der Waals surface area contributed by atoms with Crippen LogP contribution in [0.4, 0.5) is 0 Å². The molecule has 5 heteroatoms. The van der Waals surface area contributed by atoms with Crippen LogP contribution in [0.3, 0.4) is 0 Å². The van der Waals surface area contributed by atoms with Crippen LogP contribution >= 0.6 is 12.4 Å². The van der Waals surface area contributed by atoms with E-state index in [0.29, 0.717) is 12.6 Å². The molecule has 2 N–H and O–H groups in total. The molecule has 0 saturated carbocycles. The minimum atomic E-state index is 0. The van der Waals surface area contributed by atoms with Gasteiger partial charge >= 0.3 is 0 Å². The van der Waals surface area contributed by atoms with Crippen molar-refractivity contribution >= 4 is 18.4 Å². The Labute approximate surface area is 90.9 Å². The summed E-state index contributed by atoms with van der Waals surface area (Å²) < 4.78 is 5.25. The van der Waals surface area contributed by atoms with Gasteiger partial charge in [0.2, 0.25) is 0 Å². The van der Waals surface area contributed by atoms with Gasteiger partial charge in [0.15, 0.2) is 0 Å². The molecule has 0 bridgehead atoms. The molecule has 0 radical (unpaired) electrons. The molecular weight excluding hydrogens is 202 g/mol. The quantitative estimate of drug-likeness (QED) is 0.650. The second-order valence-electron chi connectivity index (χ2n) is 4.12. The third-order valence-electron chi connectivity index (χ3n) is 2.98. The number of likely N-dealkylation sites (tertiary alicyclic amines) is 1. The van der Waals surface area contributed by atoms with Crippen LogP contribution in [0.25, 0.3) is 0 Å². The van der Waals surface area contributed by atoms with Crippen molar-refractivity contribution in [2.24, 2.45) is 10.7 Å². The first-order valence-corrected chi connectivity index (χ1v) is 4.87. The summed E-state index contributed by atoms with van der Waals surface area (Å²) >= 11 is 0. The summed E-state index contributed by atoms with van der Waals surface area (Å²) in [6.07, 6.45) is 3.37. The van der Waals surface area contributed by atoms with Crippen molar-refractivity contribution in [2.45, 2.75) is 24.8 Å². The predicted octanol–water partition coefficient (Wildman–Crippen LogP) is 0.608. The van der Waals surface area contributed by atoms with E-state index < -0.39 is 0 Å². The van der Waals surface area contributed by atoms with Crippen molar-refractivity contribution in [2.75, 3.05) is 26.7 Å². The van der Waals surface area contributed by atoms with E-state index in [-0.39, 0.29) is 17.9 Å². The van der Waals surface area contributed by atoms with Crippen LogP contribution in [0.1, 0.15) is 19.3 Å². The van der Waals surface area contributed by atoms with E-state index in [0.717, 1.165) is 25.9 Å². The Morgan fingerprint density at radius 1 is 1.43 bits per heavy atom. The molecule has 2 heterocycles. The number of hydrogen-bond acceptors (Lipinski definition) is 4. The zero-order valence-corrected chi connectivity index (χ0v) is 9.35. The molecule has 1 fully saturated rings. The second kappa shape index (κ2) is 4.36. The summed E-state index contributed by atoms with van der Waals surface area (Å²) in [5.41, 5.74) is 5.55. The first-order chi connectivity index (χ1) is 6.20. The maximum atomic E-state index is 5.54. The lowest BCUT2D eigenvalue weighted by molar-refractivity contribution is 0.232. The summed E-state index contributed by atoms with van der Waals surface area (Å²) in [5, 5.41) is 0. The first kappa shape index (κ1) is 11.6. The van der Waals surface area contributed by atoms with E-state index in [2.05, 4.69) is 16.9 Å². The fourth-order valence-corrected chi connectivity index (χ4v) is 2.08. The van der Waals surface area contributed by atoms with Crippen LogP contribution in [0, 0.1) is 0 Å². The highest BCUT2D eigenvalue weighted by molar-refractivity contribution is 5.85. The first-order valence-electron chi connectivity index (χ1n) is 4.87. The standard InChI is InChI=1S/C9H17N3O.ClH/c1-12-5-2-3-9(4-6-12)7-13-8(10)11-9;/h2-7H2,1H3,(H2,10,11);1H. The van der Waals surface area contributed by atoms with Crippen LogP contribution in [-0.2, 0) is 4.74 Å². The van der Waals surface area contributed by atoms with Crippen LogP contribution in [0.5, 0.6) is 0 Å². The van der Waals surface area contributed by atoms with E-state index in [1.807, 2.05) is 0 Å². The second-order valence-corrected chi connectivity index (χ2v) is 4.12. The van der Waals surface area contributed by atoms with Crippen molar-refractivity contribution < 1.29 is 4.74 Å². The molecule has 1 saturated heterocycles. The predicted molar refractivity (Wildman–Crippen MR) is 58.9 cm³/mol. The Hall–Kier alpha value is -0.480. The molecule has 1 atom stereocenters. The number of hydrogen-bond donors (Lipinski definition) is 1. The fraction of sp³-hybridized carbons (Fsp3) is 0.889. The summed E-state index contributed by atoms with van der Waals surface area (Å²) in [6, 6.07) is 0.379. The monoisotopic (exact) mass is 219 g/mol. The van der Waals surface area contributed by atoms with E-state index in [1.54, 1.807) is 0 Å². The Balaban J connectivity index is 0.000000980. The SMILES string of the molecule is CN1CCCC2(CC1)COC(N)=N2.Cl. The highest BCUT2D eigenvalue weighted by Crippen LogP contribution is 2.29. The highest BCUT2D eigenvalue weighted by atomic mass is 35.5. The summed E-state index contributed by atoms with van der Waals surface area (Å²) in [7, 11) is 2.15. The molecule has 2 aliphatic rings. The van der Waals surface area contributed by atoms with Crippen molar-refractivity contribution in [3.63, 3.8) is 0 Å². The molecule has 2 rings (SSSR count). The number of ether oxygens (including phenoxy) is 1. The molecule has 1 spiro atoms. The van der Waals surface area contributed by atoms with Gasteiger partial charge in [-0.25, -0.2) is 4.99 Å². The van der Waals surface area contributed by atoms with Crippen molar-refractivity contribution in [1.29, 1.82) is 0 Å². The topological polar surface area (TPSA) is 50.9 Å². The summed E-state index contributed by atoms with van der Waals surface area (Å²) in [4.78, 5) is 6.77. The van der Waals surface area contributed by atoms with Gasteiger partial charge in [-0.2, -0.15) is 0 Å². The smallest absolute Gasteiger partial charge is 0.282 e. The van der Waals surface area contributed by atoms with Crippen LogP contribution in [0.2, 0.25) is 0 Å². The number of aliphatic imine (C=N–C) groups is 1.